The lowest BCUT2D eigenvalue weighted by atomic mass is 9.87. The Morgan fingerprint density at radius 3 is 2.39 bits per heavy atom. The molecule has 0 radical (unpaired) electrons. The van der Waals surface area contributed by atoms with Gasteiger partial charge in [0, 0.05) is 51.0 Å². The number of alkyl halides is 5. The lowest BCUT2D eigenvalue weighted by Crippen LogP contribution is -2.59. The number of amides is 1. The molecule has 0 bridgehead atoms. The molecule has 0 saturated carbocycles. The van der Waals surface area contributed by atoms with E-state index in [9.17, 15) is 26.7 Å². The topological polar surface area (TPSA) is 120 Å². The average Bonchev–Trinajstić information content (AvgIpc) is 2.80. The van der Waals surface area contributed by atoms with E-state index in [2.05, 4.69) is 30.6 Å². The molecule has 1 amide bonds. The third-order valence-electron chi connectivity index (χ3n) is 5.42. The van der Waals surface area contributed by atoms with Gasteiger partial charge in [-0.3, -0.25) is 10.2 Å². The van der Waals surface area contributed by atoms with E-state index in [1.807, 2.05) is 0 Å². The van der Waals surface area contributed by atoms with E-state index < -0.39 is 54.2 Å². The van der Waals surface area contributed by atoms with Crippen molar-refractivity contribution in [2.75, 3.05) is 25.5 Å². The number of nitrogens with one attached hydrogen (secondary N) is 3. The summed E-state index contributed by atoms with van der Waals surface area (Å²) in [6.07, 6.45) is -0.140. The molecular weight excluding hydrogens is 511 g/mol. The van der Waals surface area contributed by atoms with Crippen LogP contribution in [0.15, 0.2) is 31.0 Å². The highest BCUT2D eigenvalue weighted by Gasteiger charge is 2.47. The van der Waals surface area contributed by atoms with Gasteiger partial charge in [0.2, 0.25) is 5.95 Å². The molecule has 194 valence electrons. The SMILES string of the molecule is CN/C=C(\C(=N)C(=O)N1CC(F)(F)CC(C)C1CNc1ncc(C(F)(F)F)cn1)c1ncc(Cl)cn1. The number of piperidine rings is 1. The summed E-state index contributed by atoms with van der Waals surface area (Å²) in [6, 6.07) is -0.842. The molecule has 3 rings (SSSR count). The molecule has 2 atom stereocenters. The van der Waals surface area contributed by atoms with Gasteiger partial charge < -0.3 is 15.5 Å². The van der Waals surface area contributed by atoms with Gasteiger partial charge in [0.15, 0.2) is 5.82 Å². The second-order valence-corrected chi connectivity index (χ2v) is 8.59. The fourth-order valence-electron chi connectivity index (χ4n) is 3.74. The zero-order valence-electron chi connectivity index (χ0n) is 19.1. The van der Waals surface area contributed by atoms with Crippen LogP contribution in [0.1, 0.15) is 24.7 Å². The van der Waals surface area contributed by atoms with Gasteiger partial charge in [0.05, 0.1) is 28.7 Å². The molecule has 15 heteroatoms. The number of aromatic nitrogens is 4. The Morgan fingerprint density at radius 2 is 1.83 bits per heavy atom. The minimum absolute atomic E-state index is 0.0169. The summed E-state index contributed by atoms with van der Waals surface area (Å²) in [5.74, 6) is -5.12. The Hall–Kier alpha value is -3.42. The maximum Gasteiger partial charge on any atom is 0.419 e. The highest BCUT2D eigenvalue weighted by atomic mass is 35.5. The summed E-state index contributed by atoms with van der Waals surface area (Å²) in [7, 11) is 1.52. The Labute approximate surface area is 207 Å². The molecule has 36 heavy (non-hydrogen) atoms. The summed E-state index contributed by atoms with van der Waals surface area (Å²) in [6.45, 7) is 0.431. The van der Waals surface area contributed by atoms with Crippen molar-refractivity contribution < 1.29 is 26.7 Å². The molecule has 2 aromatic rings. The molecule has 3 heterocycles. The fraction of sp³-hybridized carbons (Fsp3) is 0.429. The van der Waals surface area contributed by atoms with Crippen molar-refractivity contribution in [2.24, 2.45) is 5.92 Å². The van der Waals surface area contributed by atoms with Crippen LogP contribution in [-0.2, 0) is 11.0 Å². The summed E-state index contributed by atoms with van der Waals surface area (Å²) in [5, 5.41) is 14.0. The first-order valence-corrected chi connectivity index (χ1v) is 11.0. The van der Waals surface area contributed by atoms with Gasteiger partial charge in [0.25, 0.3) is 11.8 Å². The van der Waals surface area contributed by atoms with E-state index in [0.29, 0.717) is 12.4 Å². The third kappa shape index (κ3) is 6.42. The molecule has 2 unspecified atom stereocenters. The summed E-state index contributed by atoms with van der Waals surface area (Å²) in [5.41, 5.74) is -1.72. The van der Waals surface area contributed by atoms with E-state index in [4.69, 9.17) is 17.0 Å². The largest absolute Gasteiger partial charge is 0.419 e. The van der Waals surface area contributed by atoms with Crippen molar-refractivity contribution in [2.45, 2.75) is 31.5 Å². The summed E-state index contributed by atoms with van der Waals surface area (Å²) < 4.78 is 67.1. The van der Waals surface area contributed by atoms with E-state index in [0.717, 1.165) is 4.90 Å². The molecule has 9 nitrogen and oxygen atoms in total. The van der Waals surface area contributed by atoms with Gasteiger partial charge in [0.1, 0.15) is 5.71 Å². The van der Waals surface area contributed by atoms with Crippen LogP contribution in [0, 0.1) is 11.3 Å². The average molecular weight is 533 g/mol. The number of carbonyl (C=O) groups excluding carboxylic acids is 1. The van der Waals surface area contributed by atoms with Crippen LogP contribution in [-0.4, -0.2) is 68.6 Å². The Kier molecular flexibility index (Phi) is 8.06. The number of rotatable bonds is 7. The standard InChI is InChI=1S/C21H22ClF5N8O/c1-11-3-20(23,24)10-35(15(11)9-34-19-32-4-12(5-33-19)21(25,26)27)18(36)16(28)14(8-29-2)17-30-6-13(22)7-31-17/h4-8,11,15,28-29H,3,9-10H2,1-2H3,(H,32,33,34)/b14-8+,28-16?. The van der Waals surface area contributed by atoms with Crippen molar-refractivity contribution in [3.05, 3.63) is 47.4 Å². The normalized spacial score (nSPS) is 20.1. The maximum atomic E-state index is 14.5. The van der Waals surface area contributed by atoms with Crippen LogP contribution in [0.5, 0.6) is 0 Å². The lowest BCUT2D eigenvalue weighted by molar-refractivity contribution is -0.145. The van der Waals surface area contributed by atoms with Crippen molar-refractivity contribution in [3.63, 3.8) is 0 Å². The van der Waals surface area contributed by atoms with Crippen molar-refractivity contribution in [1.82, 2.24) is 30.2 Å². The van der Waals surface area contributed by atoms with E-state index in [-0.39, 0.29) is 28.9 Å². The first kappa shape index (κ1) is 27.2. The van der Waals surface area contributed by atoms with Crippen molar-refractivity contribution >= 4 is 34.7 Å². The molecule has 0 aromatic carbocycles. The molecule has 0 spiro atoms. The van der Waals surface area contributed by atoms with Gasteiger partial charge in [-0.15, -0.1) is 0 Å². The highest BCUT2D eigenvalue weighted by Crippen LogP contribution is 2.35. The van der Waals surface area contributed by atoms with Crippen LogP contribution in [0.3, 0.4) is 0 Å². The van der Waals surface area contributed by atoms with Crippen LogP contribution < -0.4 is 10.6 Å². The zero-order valence-corrected chi connectivity index (χ0v) is 19.8. The van der Waals surface area contributed by atoms with Crippen molar-refractivity contribution in [1.29, 1.82) is 5.41 Å². The van der Waals surface area contributed by atoms with E-state index in [1.54, 1.807) is 0 Å². The Bertz CT molecular complexity index is 1120. The molecule has 1 aliphatic heterocycles. The number of carbonyl (C=O) groups is 1. The molecule has 2 aromatic heterocycles. The van der Waals surface area contributed by atoms with Gasteiger partial charge in [-0.25, -0.2) is 28.7 Å². The van der Waals surface area contributed by atoms with E-state index in [1.165, 1.54) is 32.6 Å². The van der Waals surface area contributed by atoms with Gasteiger partial charge in [-0.2, -0.15) is 13.2 Å². The first-order valence-electron chi connectivity index (χ1n) is 10.6. The quantitative estimate of drug-likeness (QED) is 0.369. The second kappa shape index (κ2) is 10.7. The molecule has 1 aliphatic rings. The lowest BCUT2D eigenvalue weighted by Gasteiger charge is -2.43. The zero-order chi connectivity index (χ0) is 26.7. The van der Waals surface area contributed by atoms with Crippen LogP contribution in [0.2, 0.25) is 5.02 Å². The second-order valence-electron chi connectivity index (χ2n) is 8.16. The summed E-state index contributed by atoms with van der Waals surface area (Å²) >= 11 is 5.79. The molecule has 1 fully saturated rings. The van der Waals surface area contributed by atoms with Crippen LogP contribution in [0.25, 0.3) is 5.57 Å². The predicted molar refractivity (Wildman–Crippen MR) is 122 cm³/mol. The minimum Gasteiger partial charge on any atom is -0.393 e. The molecule has 1 saturated heterocycles. The minimum atomic E-state index is -4.61. The number of halogens is 6. The van der Waals surface area contributed by atoms with Crippen LogP contribution in [0.4, 0.5) is 27.9 Å². The van der Waals surface area contributed by atoms with E-state index >= 15 is 0 Å². The Morgan fingerprint density at radius 1 is 1.22 bits per heavy atom. The van der Waals surface area contributed by atoms with Gasteiger partial charge in [-0.05, 0) is 5.92 Å². The molecule has 0 aliphatic carbocycles. The van der Waals surface area contributed by atoms with Gasteiger partial charge >= 0.3 is 6.18 Å². The summed E-state index contributed by atoms with van der Waals surface area (Å²) in [4.78, 5) is 29.4. The first-order chi connectivity index (χ1) is 16.8. The highest BCUT2D eigenvalue weighted by molar-refractivity contribution is 6.54. The number of anilines is 1. The third-order valence-corrected chi connectivity index (χ3v) is 5.62. The number of hydrogen-bond donors (Lipinski definition) is 3. The number of hydrogen-bond acceptors (Lipinski definition) is 8. The number of nitrogens with zero attached hydrogens (tertiary/aromatic N) is 5. The smallest absolute Gasteiger partial charge is 0.393 e. The number of likely N-dealkylation sites (tertiary alicyclic amines) is 1. The maximum absolute atomic E-state index is 14.5. The van der Waals surface area contributed by atoms with Crippen molar-refractivity contribution in [3.8, 4) is 0 Å². The fourth-order valence-corrected chi connectivity index (χ4v) is 3.84. The van der Waals surface area contributed by atoms with Gasteiger partial charge in [-0.1, -0.05) is 18.5 Å². The predicted octanol–water partition coefficient (Wildman–Crippen LogP) is 3.50. The van der Waals surface area contributed by atoms with Crippen LogP contribution >= 0.6 is 11.6 Å². The monoisotopic (exact) mass is 532 g/mol. The Balaban J connectivity index is 1.84. The molecular formula is C21H22ClF5N8O. The molecule has 3 N–H and O–H groups in total.